The van der Waals surface area contributed by atoms with Crippen molar-refractivity contribution in [3.63, 3.8) is 0 Å². The molecule has 6 nitrogen and oxygen atoms in total. The van der Waals surface area contributed by atoms with Gasteiger partial charge in [0.25, 0.3) is 10.0 Å². The summed E-state index contributed by atoms with van der Waals surface area (Å²) in [5, 5.41) is 7.56. The van der Waals surface area contributed by atoms with Gasteiger partial charge in [0.05, 0.1) is 11.9 Å². The molecular weight excluding hydrogens is 343 g/mol. The molecule has 10 heteroatoms. The first-order chi connectivity index (χ1) is 9.47. The zero-order valence-corrected chi connectivity index (χ0v) is 12.7. The van der Waals surface area contributed by atoms with Crippen LogP contribution in [0, 0.1) is 0 Å². The Hall–Kier alpha value is -1.35. The number of anilines is 1. The third-order valence-corrected chi connectivity index (χ3v) is 5.73. The number of hydrogen-bond donors (Lipinski definition) is 2. The van der Waals surface area contributed by atoms with E-state index >= 15 is 0 Å². The van der Waals surface area contributed by atoms with Crippen molar-refractivity contribution in [1.82, 2.24) is 15.2 Å². The van der Waals surface area contributed by atoms with Crippen LogP contribution in [-0.4, -0.2) is 23.6 Å². The standard InChI is InChI=1S/C10H6Cl2N4O2S2/c11-9-5-2-1-3-6(8(5)14-15-9)16-20(17,18)7-4-13-10(12)19-7/h1-4,16H,(H,14,15). The zero-order valence-electron chi connectivity index (χ0n) is 9.59. The number of nitrogens with one attached hydrogen (secondary N) is 2. The maximum atomic E-state index is 12.2. The van der Waals surface area contributed by atoms with E-state index in [2.05, 4.69) is 19.9 Å². The van der Waals surface area contributed by atoms with Crippen molar-refractivity contribution in [3.05, 3.63) is 34.0 Å². The first kappa shape index (κ1) is 13.6. The highest BCUT2D eigenvalue weighted by Crippen LogP contribution is 2.29. The van der Waals surface area contributed by atoms with Crippen molar-refractivity contribution in [3.8, 4) is 0 Å². The first-order valence-corrected chi connectivity index (χ1v) is 8.30. The molecule has 0 aliphatic rings. The molecule has 2 N–H and O–H groups in total. The lowest BCUT2D eigenvalue weighted by molar-refractivity contribution is 0.603. The topological polar surface area (TPSA) is 87.7 Å². The Labute approximate surface area is 127 Å². The molecule has 0 atom stereocenters. The molecule has 2 aromatic heterocycles. The van der Waals surface area contributed by atoms with Gasteiger partial charge in [-0.2, -0.15) is 5.10 Å². The average molecular weight is 349 g/mol. The quantitative estimate of drug-likeness (QED) is 0.760. The molecule has 0 spiro atoms. The Kier molecular flexibility index (Phi) is 3.33. The molecule has 20 heavy (non-hydrogen) atoms. The fourth-order valence-electron chi connectivity index (χ4n) is 1.65. The maximum absolute atomic E-state index is 12.2. The Morgan fingerprint density at radius 1 is 1.30 bits per heavy atom. The molecule has 0 amide bonds. The first-order valence-electron chi connectivity index (χ1n) is 5.24. The lowest BCUT2D eigenvalue weighted by Crippen LogP contribution is -2.11. The summed E-state index contributed by atoms with van der Waals surface area (Å²) >= 11 is 12.4. The number of aromatic nitrogens is 3. The number of H-pyrrole nitrogens is 1. The molecule has 0 unspecified atom stereocenters. The summed E-state index contributed by atoms with van der Waals surface area (Å²) in [6.07, 6.45) is 1.20. The van der Waals surface area contributed by atoms with Crippen LogP contribution in [0.2, 0.25) is 9.62 Å². The van der Waals surface area contributed by atoms with Gasteiger partial charge in [0.1, 0.15) is 10.7 Å². The largest absolute Gasteiger partial charge is 0.277 e. The second-order valence-corrected chi connectivity index (χ2v) is 7.68. The van der Waals surface area contributed by atoms with Crippen LogP contribution >= 0.6 is 34.5 Å². The minimum absolute atomic E-state index is 0.0288. The van der Waals surface area contributed by atoms with Crippen LogP contribution in [0.5, 0.6) is 0 Å². The smallest absolute Gasteiger partial charge is 0.273 e. The Morgan fingerprint density at radius 3 is 2.80 bits per heavy atom. The summed E-state index contributed by atoms with van der Waals surface area (Å²) in [4.78, 5) is 3.71. The van der Waals surface area contributed by atoms with Gasteiger partial charge in [0.15, 0.2) is 8.68 Å². The van der Waals surface area contributed by atoms with Crippen LogP contribution < -0.4 is 4.72 Å². The van der Waals surface area contributed by atoms with E-state index in [-0.39, 0.29) is 8.68 Å². The van der Waals surface area contributed by atoms with Crippen molar-refractivity contribution in [2.75, 3.05) is 4.72 Å². The van der Waals surface area contributed by atoms with Crippen LogP contribution in [0.1, 0.15) is 0 Å². The van der Waals surface area contributed by atoms with Crippen molar-refractivity contribution in [2.45, 2.75) is 4.21 Å². The van der Waals surface area contributed by atoms with Crippen LogP contribution in [-0.2, 0) is 10.0 Å². The second kappa shape index (κ2) is 4.88. The number of para-hydroxylation sites is 1. The van der Waals surface area contributed by atoms with E-state index < -0.39 is 10.0 Å². The summed E-state index contributed by atoms with van der Waals surface area (Å²) < 4.78 is 27.0. The number of thiazole rings is 1. The lowest BCUT2D eigenvalue weighted by atomic mass is 10.2. The normalized spacial score (nSPS) is 11.9. The Bertz CT molecular complexity index is 888. The van der Waals surface area contributed by atoms with Gasteiger partial charge in [0, 0.05) is 5.39 Å². The van der Waals surface area contributed by atoms with E-state index in [9.17, 15) is 8.42 Å². The number of hydrogen-bond acceptors (Lipinski definition) is 5. The molecule has 0 saturated carbocycles. The SMILES string of the molecule is O=S(=O)(Nc1cccc2c(Cl)[nH]nc12)c1cnc(Cl)s1. The molecule has 3 rings (SSSR count). The summed E-state index contributed by atoms with van der Waals surface area (Å²) in [5.74, 6) is 0. The van der Waals surface area contributed by atoms with E-state index in [0.29, 0.717) is 21.7 Å². The Balaban J connectivity index is 2.05. The van der Waals surface area contributed by atoms with Gasteiger partial charge in [-0.15, -0.1) is 0 Å². The van der Waals surface area contributed by atoms with Gasteiger partial charge >= 0.3 is 0 Å². The second-order valence-electron chi connectivity index (χ2n) is 3.78. The van der Waals surface area contributed by atoms with Gasteiger partial charge in [0.2, 0.25) is 0 Å². The van der Waals surface area contributed by atoms with Crippen LogP contribution in [0.4, 0.5) is 5.69 Å². The fourth-order valence-corrected chi connectivity index (χ4v) is 4.20. The molecule has 0 radical (unpaired) electrons. The van der Waals surface area contributed by atoms with Crippen LogP contribution in [0.3, 0.4) is 0 Å². The van der Waals surface area contributed by atoms with Gasteiger partial charge in [-0.25, -0.2) is 13.4 Å². The zero-order chi connectivity index (χ0) is 14.3. The number of nitrogens with zero attached hydrogens (tertiary/aromatic N) is 2. The van der Waals surface area contributed by atoms with E-state index in [1.54, 1.807) is 18.2 Å². The summed E-state index contributed by atoms with van der Waals surface area (Å²) in [5.41, 5.74) is 0.770. The minimum atomic E-state index is -3.75. The highest BCUT2D eigenvalue weighted by Gasteiger charge is 2.19. The van der Waals surface area contributed by atoms with Gasteiger partial charge < -0.3 is 0 Å². The molecule has 3 aromatic rings. The molecule has 104 valence electrons. The molecule has 2 heterocycles. The predicted octanol–water partition coefficient (Wildman–Crippen LogP) is 3.13. The maximum Gasteiger partial charge on any atom is 0.273 e. The molecule has 1 aromatic carbocycles. The minimum Gasteiger partial charge on any atom is -0.277 e. The lowest BCUT2D eigenvalue weighted by Gasteiger charge is -2.06. The Morgan fingerprint density at radius 2 is 2.10 bits per heavy atom. The van der Waals surface area contributed by atoms with Gasteiger partial charge in [-0.05, 0) is 12.1 Å². The molecular formula is C10H6Cl2N4O2S2. The van der Waals surface area contributed by atoms with E-state index in [1.807, 2.05) is 0 Å². The number of benzene rings is 1. The third-order valence-electron chi connectivity index (χ3n) is 2.50. The van der Waals surface area contributed by atoms with Crippen molar-refractivity contribution < 1.29 is 8.42 Å². The summed E-state index contributed by atoms with van der Waals surface area (Å²) in [6, 6.07) is 5.02. The summed E-state index contributed by atoms with van der Waals surface area (Å²) in [6.45, 7) is 0. The molecule has 0 fully saturated rings. The van der Waals surface area contributed by atoms with E-state index in [0.717, 1.165) is 11.3 Å². The summed E-state index contributed by atoms with van der Waals surface area (Å²) in [7, 11) is -3.75. The number of halogens is 2. The highest BCUT2D eigenvalue weighted by atomic mass is 35.5. The van der Waals surface area contributed by atoms with Crippen LogP contribution in [0.15, 0.2) is 28.6 Å². The highest BCUT2D eigenvalue weighted by molar-refractivity contribution is 7.94. The fraction of sp³-hybridized carbons (Fsp3) is 0. The van der Waals surface area contributed by atoms with E-state index in [1.165, 1.54) is 6.20 Å². The van der Waals surface area contributed by atoms with Crippen LogP contribution in [0.25, 0.3) is 10.9 Å². The van der Waals surface area contributed by atoms with Crippen molar-refractivity contribution in [2.24, 2.45) is 0 Å². The monoisotopic (exact) mass is 348 g/mol. The average Bonchev–Trinajstić information content (AvgIpc) is 2.98. The number of fused-ring (bicyclic) bond motifs is 1. The molecule has 0 saturated heterocycles. The van der Waals surface area contributed by atoms with Crippen molar-refractivity contribution in [1.29, 1.82) is 0 Å². The third kappa shape index (κ3) is 2.35. The van der Waals surface area contributed by atoms with Gasteiger partial charge in [-0.1, -0.05) is 40.6 Å². The number of rotatable bonds is 3. The number of sulfonamides is 1. The van der Waals surface area contributed by atoms with E-state index in [4.69, 9.17) is 23.2 Å². The van der Waals surface area contributed by atoms with Crippen molar-refractivity contribution >= 4 is 61.2 Å². The molecule has 0 aliphatic carbocycles. The van der Waals surface area contributed by atoms with Gasteiger partial charge in [-0.3, -0.25) is 9.82 Å². The molecule has 0 bridgehead atoms. The predicted molar refractivity (Wildman–Crippen MR) is 79.0 cm³/mol. The molecule has 0 aliphatic heterocycles. The number of aromatic amines is 1.